The van der Waals surface area contributed by atoms with Crippen LogP contribution in [0.25, 0.3) is 5.65 Å². The lowest BCUT2D eigenvalue weighted by molar-refractivity contribution is 0.277. The number of sulfone groups is 1. The summed E-state index contributed by atoms with van der Waals surface area (Å²) in [5.74, 6) is -0.399. The molecule has 0 saturated carbocycles. The van der Waals surface area contributed by atoms with Gasteiger partial charge in [0.1, 0.15) is 5.82 Å². The van der Waals surface area contributed by atoms with Gasteiger partial charge in [0.2, 0.25) is 9.84 Å². The number of hydrogen-bond donors (Lipinski definition) is 2. The van der Waals surface area contributed by atoms with E-state index >= 15 is 0 Å². The van der Waals surface area contributed by atoms with Crippen molar-refractivity contribution in [2.45, 2.75) is 23.3 Å². The lowest BCUT2D eigenvalue weighted by Gasteiger charge is -2.06. The van der Waals surface area contributed by atoms with Crippen LogP contribution in [0.2, 0.25) is 0 Å². The molecule has 24 heavy (non-hydrogen) atoms. The Hall–Kier alpha value is -2.52. The maximum Gasteiger partial charge on any atom is 0.214 e. The fourth-order valence-corrected chi connectivity index (χ4v) is 3.93. The molecule has 3 aromatic rings. The van der Waals surface area contributed by atoms with Crippen LogP contribution in [0.1, 0.15) is 11.4 Å². The third kappa shape index (κ3) is 2.51. The van der Waals surface area contributed by atoms with E-state index in [1.807, 2.05) is 0 Å². The number of aliphatic hydroxyl groups is 1. The second-order valence-electron chi connectivity index (χ2n) is 5.17. The Bertz CT molecular complexity index is 1010. The number of nitrogens with zero attached hydrogens (tertiary/aromatic N) is 3. The molecule has 7 nitrogen and oxygen atoms in total. The fourth-order valence-electron chi connectivity index (χ4n) is 2.43. The summed E-state index contributed by atoms with van der Waals surface area (Å²) in [5, 5.41) is 16.3. The molecule has 0 fully saturated rings. The zero-order valence-corrected chi connectivity index (χ0v) is 13.8. The molecule has 0 saturated heterocycles. The number of nitrogens with one attached hydrogen (secondary N) is 1. The van der Waals surface area contributed by atoms with Crippen molar-refractivity contribution >= 4 is 21.3 Å². The van der Waals surface area contributed by atoms with Crippen molar-refractivity contribution in [3.63, 3.8) is 0 Å². The molecule has 9 heteroatoms. The van der Waals surface area contributed by atoms with Crippen molar-refractivity contribution in [2.24, 2.45) is 0 Å². The average Bonchev–Trinajstić information content (AvgIpc) is 2.95. The molecule has 2 N–H and O–H groups in total. The van der Waals surface area contributed by atoms with E-state index in [1.54, 1.807) is 20.0 Å². The lowest BCUT2D eigenvalue weighted by atomic mass is 10.3. The van der Waals surface area contributed by atoms with Gasteiger partial charge in [-0.2, -0.15) is 0 Å². The molecule has 0 radical (unpaired) electrons. The summed E-state index contributed by atoms with van der Waals surface area (Å²) in [6.45, 7) is 1.40. The van der Waals surface area contributed by atoms with E-state index in [1.165, 1.54) is 16.6 Å². The largest absolute Gasteiger partial charge is 0.390 e. The zero-order valence-electron chi connectivity index (χ0n) is 13.0. The number of halogens is 1. The van der Waals surface area contributed by atoms with Gasteiger partial charge in [-0.1, -0.05) is 0 Å². The van der Waals surface area contributed by atoms with Gasteiger partial charge in [0, 0.05) is 12.7 Å². The highest BCUT2D eigenvalue weighted by Gasteiger charge is 2.29. The van der Waals surface area contributed by atoms with E-state index in [2.05, 4.69) is 15.4 Å². The van der Waals surface area contributed by atoms with Gasteiger partial charge in [-0.25, -0.2) is 22.3 Å². The van der Waals surface area contributed by atoms with E-state index < -0.39 is 15.7 Å². The molecule has 0 amide bonds. The third-order valence-electron chi connectivity index (χ3n) is 3.57. The average molecular weight is 350 g/mol. The summed E-state index contributed by atoms with van der Waals surface area (Å²) in [6.07, 6.45) is 0. The first kappa shape index (κ1) is 16.3. The van der Waals surface area contributed by atoms with Gasteiger partial charge >= 0.3 is 0 Å². The van der Waals surface area contributed by atoms with E-state index in [0.29, 0.717) is 11.4 Å². The molecule has 0 unspecified atom stereocenters. The molecule has 126 valence electrons. The van der Waals surface area contributed by atoms with Crippen LogP contribution < -0.4 is 5.32 Å². The van der Waals surface area contributed by atoms with Gasteiger partial charge < -0.3 is 10.4 Å². The predicted octanol–water partition coefficient (Wildman–Crippen LogP) is 1.54. The van der Waals surface area contributed by atoms with Crippen LogP contribution in [0.3, 0.4) is 0 Å². The van der Waals surface area contributed by atoms with Crippen LogP contribution in [0.5, 0.6) is 0 Å². The molecule has 0 aliphatic rings. The minimum Gasteiger partial charge on any atom is -0.390 e. The maximum atomic E-state index is 13.1. The topological polar surface area (TPSA) is 96.6 Å². The number of anilines is 1. The van der Waals surface area contributed by atoms with Crippen LogP contribution in [0, 0.1) is 12.7 Å². The van der Waals surface area contributed by atoms with Crippen molar-refractivity contribution in [1.29, 1.82) is 0 Å². The summed E-state index contributed by atoms with van der Waals surface area (Å²) >= 11 is 0. The van der Waals surface area contributed by atoms with Gasteiger partial charge in [0.15, 0.2) is 16.4 Å². The fraction of sp³-hybridized carbons (Fsp3) is 0.200. The highest BCUT2D eigenvalue weighted by atomic mass is 32.2. The highest BCUT2D eigenvalue weighted by molar-refractivity contribution is 7.91. The van der Waals surface area contributed by atoms with Gasteiger partial charge in [-0.15, -0.1) is 5.10 Å². The van der Waals surface area contributed by atoms with Gasteiger partial charge in [-0.05, 0) is 37.3 Å². The number of rotatable bonds is 4. The van der Waals surface area contributed by atoms with E-state index in [0.717, 1.165) is 12.1 Å². The standard InChI is InChI=1S/C15H15FN4O3S/c1-9-7-11(8-21)18-15-13(14(17-2)19-20(9)15)24(22,23)12-5-3-10(16)4-6-12/h3-7,21H,8H2,1-2H3,(H,17,19). The molecule has 0 atom stereocenters. The smallest absolute Gasteiger partial charge is 0.214 e. The van der Waals surface area contributed by atoms with Crippen LogP contribution in [-0.2, 0) is 16.4 Å². The minimum atomic E-state index is -3.98. The van der Waals surface area contributed by atoms with Gasteiger partial charge in [-0.3, -0.25) is 0 Å². The molecule has 0 bridgehead atoms. The SMILES string of the molecule is CNc1nn2c(C)cc(CO)nc2c1S(=O)(=O)c1ccc(F)cc1. The number of hydrogen-bond acceptors (Lipinski definition) is 6. The van der Waals surface area contributed by atoms with Gasteiger partial charge in [0.25, 0.3) is 0 Å². The maximum absolute atomic E-state index is 13.1. The van der Waals surface area contributed by atoms with Crippen molar-refractivity contribution in [2.75, 3.05) is 12.4 Å². The Kier molecular flexibility index (Phi) is 3.98. The summed E-state index contributed by atoms with van der Waals surface area (Å²) < 4.78 is 40.5. The molecule has 2 aromatic heterocycles. The number of benzene rings is 1. The van der Waals surface area contributed by atoms with Crippen molar-refractivity contribution < 1.29 is 17.9 Å². The van der Waals surface area contributed by atoms with E-state index in [-0.39, 0.29) is 27.9 Å². The van der Waals surface area contributed by atoms with Crippen LogP contribution in [-0.4, -0.2) is 35.2 Å². The quantitative estimate of drug-likeness (QED) is 0.693. The van der Waals surface area contributed by atoms with Crippen molar-refractivity contribution in [3.05, 3.63) is 47.5 Å². The Balaban J connectivity index is 2.35. The molecular weight excluding hydrogens is 335 g/mol. The first-order chi connectivity index (χ1) is 11.4. The molecule has 0 aliphatic carbocycles. The lowest BCUT2D eigenvalue weighted by Crippen LogP contribution is -2.06. The first-order valence-corrected chi connectivity index (χ1v) is 8.55. The molecule has 1 aromatic carbocycles. The minimum absolute atomic E-state index is 0.0656. The highest BCUT2D eigenvalue weighted by Crippen LogP contribution is 2.31. The molecule has 2 heterocycles. The van der Waals surface area contributed by atoms with Crippen molar-refractivity contribution in [3.8, 4) is 0 Å². The molecule has 0 aliphatic heterocycles. The predicted molar refractivity (Wildman–Crippen MR) is 85.0 cm³/mol. The number of aliphatic hydroxyl groups excluding tert-OH is 1. The van der Waals surface area contributed by atoms with E-state index in [4.69, 9.17) is 0 Å². The Morgan fingerprint density at radius 2 is 1.96 bits per heavy atom. The summed E-state index contributed by atoms with van der Waals surface area (Å²) in [5.41, 5.74) is 1.06. The Morgan fingerprint density at radius 3 is 2.54 bits per heavy atom. The third-order valence-corrected chi connectivity index (χ3v) is 5.38. The summed E-state index contributed by atoms with van der Waals surface area (Å²) in [4.78, 5) is 4.01. The normalized spacial score (nSPS) is 11.8. The summed E-state index contributed by atoms with van der Waals surface area (Å²) in [7, 11) is -2.43. The van der Waals surface area contributed by atoms with Crippen LogP contribution >= 0.6 is 0 Å². The monoisotopic (exact) mass is 350 g/mol. The zero-order chi connectivity index (χ0) is 17.5. The molecular formula is C15H15FN4O3S. The van der Waals surface area contributed by atoms with Crippen molar-refractivity contribution in [1.82, 2.24) is 14.6 Å². The van der Waals surface area contributed by atoms with Gasteiger partial charge in [0.05, 0.1) is 17.2 Å². The summed E-state index contributed by atoms with van der Waals surface area (Å²) in [6, 6.07) is 6.16. The Labute approximate surface area is 137 Å². The van der Waals surface area contributed by atoms with Crippen LogP contribution in [0.4, 0.5) is 10.2 Å². The molecule has 0 spiro atoms. The first-order valence-electron chi connectivity index (χ1n) is 7.07. The van der Waals surface area contributed by atoms with Crippen LogP contribution in [0.15, 0.2) is 40.1 Å². The van der Waals surface area contributed by atoms with E-state index in [9.17, 15) is 17.9 Å². The number of fused-ring (bicyclic) bond motifs is 1. The Morgan fingerprint density at radius 1 is 1.29 bits per heavy atom. The number of aryl methyl sites for hydroxylation is 1. The molecule has 3 rings (SSSR count). The second kappa shape index (κ2) is 5.84. The second-order valence-corrected chi connectivity index (χ2v) is 7.05. The number of aromatic nitrogens is 3.